The van der Waals surface area contributed by atoms with Crippen LogP contribution >= 0.6 is 11.8 Å². The molecule has 2 aromatic rings. The van der Waals surface area contributed by atoms with E-state index < -0.39 is 18.1 Å². The summed E-state index contributed by atoms with van der Waals surface area (Å²) in [7, 11) is 0. The molecule has 3 rings (SSSR count). The predicted octanol–water partition coefficient (Wildman–Crippen LogP) is 3.09. The molecule has 0 saturated carbocycles. The highest BCUT2D eigenvalue weighted by molar-refractivity contribution is 7.98. The smallest absolute Gasteiger partial charge is 0.305 e. The van der Waals surface area contributed by atoms with Gasteiger partial charge in [-0.3, -0.25) is 9.59 Å². The van der Waals surface area contributed by atoms with Gasteiger partial charge in [0.25, 0.3) is 12.1 Å². The van der Waals surface area contributed by atoms with Crippen molar-refractivity contribution in [2.24, 2.45) is 4.99 Å². The Balaban J connectivity index is 2.18. The molecule has 1 N–H and O–H groups in total. The van der Waals surface area contributed by atoms with Crippen LogP contribution in [0, 0.1) is 0 Å². The molecule has 5 nitrogen and oxygen atoms in total. The normalized spacial score (nSPS) is 16.5. The first-order valence-corrected chi connectivity index (χ1v) is 8.60. The zero-order valence-electron chi connectivity index (χ0n) is 13.3. The van der Waals surface area contributed by atoms with E-state index >= 15 is 0 Å². The lowest BCUT2D eigenvalue weighted by Crippen LogP contribution is -2.29. The lowest BCUT2D eigenvalue weighted by Gasteiger charge is -2.11. The largest absolute Gasteiger partial charge is 0.430 e. The van der Waals surface area contributed by atoms with Crippen molar-refractivity contribution in [2.75, 3.05) is 11.6 Å². The molecule has 0 bridgehead atoms. The summed E-state index contributed by atoms with van der Waals surface area (Å²) in [5.74, 6) is -1.02. The number of nitrogens with one attached hydrogen (secondary N) is 1. The molecule has 1 aliphatic heterocycles. The molecule has 24 heavy (non-hydrogen) atoms. The van der Waals surface area contributed by atoms with Crippen molar-refractivity contribution in [3.63, 3.8) is 0 Å². The topological polar surface area (TPSA) is 67.8 Å². The van der Waals surface area contributed by atoms with Crippen molar-refractivity contribution in [1.29, 1.82) is 0 Å². The molecule has 0 saturated heterocycles. The molecule has 1 aliphatic rings. The molecule has 1 amide bonds. The first-order valence-electron chi connectivity index (χ1n) is 7.38. The lowest BCUT2D eigenvalue weighted by molar-refractivity contribution is -0.151. The van der Waals surface area contributed by atoms with E-state index in [0.717, 1.165) is 16.0 Å². The fourth-order valence-corrected chi connectivity index (χ4v) is 2.90. The van der Waals surface area contributed by atoms with E-state index in [4.69, 9.17) is 4.74 Å². The van der Waals surface area contributed by atoms with Gasteiger partial charge in [0.05, 0.1) is 11.4 Å². The molecule has 1 unspecified atom stereocenters. The first kappa shape index (κ1) is 16.3. The third-order valence-electron chi connectivity index (χ3n) is 3.54. The molecule has 0 aliphatic carbocycles. The quantitative estimate of drug-likeness (QED) is 0.689. The van der Waals surface area contributed by atoms with Gasteiger partial charge < -0.3 is 10.1 Å². The Morgan fingerprint density at radius 3 is 2.62 bits per heavy atom. The fraction of sp³-hybridized carbons (Fsp3) is 0.167. The van der Waals surface area contributed by atoms with Crippen LogP contribution in [0.4, 0.5) is 5.69 Å². The number of anilines is 1. The Labute approximate surface area is 144 Å². The number of fused-ring (bicyclic) bond motifs is 1. The zero-order valence-corrected chi connectivity index (χ0v) is 14.1. The monoisotopic (exact) mass is 340 g/mol. The molecule has 0 aromatic heterocycles. The fourth-order valence-electron chi connectivity index (χ4n) is 2.46. The number of rotatable bonds is 3. The summed E-state index contributed by atoms with van der Waals surface area (Å²) in [5.41, 5.74) is 2.92. The number of carbonyl (C=O) groups is 2. The second-order valence-corrected chi connectivity index (χ2v) is 6.09. The van der Waals surface area contributed by atoms with Crippen molar-refractivity contribution in [1.82, 2.24) is 0 Å². The molecular formula is C18H16N2O3S. The van der Waals surface area contributed by atoms with Gasteiger partial charge in [-0.1, -0.05) is 30.3 Å². The molecule has 0 spiro atoms. The number of carbonyl (C=O) groups excluding carboxylic acids is 2. The minimum atomic E-state index is -1.21. The van der Waals surface area contributed by atoms with E-state index in [2.05, 4.69) is 10.3 Å². The number of amides is 1. The van der Waals surface area contributed by atoms with E-state index in [-0.39, 0.29) is 0 Å². The Morgan fingerprint density at radius 2 is 1.96 bits per heavy atom. The highest BCUT2D eigenvalue weighted by atomic mass is 32.2. The van der Waals surface area contributed by atoms with Crippen molar-refractivity contribution in [3.8, 4) is 0 Å². The zero-order chi connectivity index (χ0) is 17.1. The SMILES string of the molecule is CSc1ccc2c(c1)C(c1ccccc1)=NC(OC(C)=O)C(=O)N2. The van der Waals surface area contributed by atoms with Gasteiger partial charge in [-0.05, 0) is 24.5 Å². The molecule has 1 heterocycles. The van der Waals surface area contributed by atoms with Crippen molar-refractivity contribution in [2.45, 2.75) is 18.0 Å². The van der Waals surface area contributed by atoms with Crippen LogP contribution in [0.1, 0.15) is 18.1 Å². The highest BCUT2D eigenvalue weighted by Gasteiger charge is 2.28. The summed E-state index contributed by atoms with van der Waals surface area (Å²) in [6.07, 6.45) is 0.778. The van der Waals surface area contributed by atoms with Crippen LogP contribution in [0.5, 0.6) is 0 Å². The minimum Gasteiger partial charge on any atom is -0.430 e. The second kappa shape index (κ2) is 6.88. The van der Waals surface area contributed by atoms with E-state index in [9.17, 15) is 9.59 Å². The van der Waals surface area contributed by atoms with Gasteiger partial charge in [-0.25, -0.2) is 4.99 Å². The Bertz CT molecular complexity index is 818. The standard InChI is InChI=1S/C18H16N2O3S/c1-11(21)23-18-17(22)19-15-9-8-13(24-2)10-14(15)16(20-18)12-6-4-3-5-7-12/h3-10,18H,1-2H3,(H,19,22). The number of thioether (sulfide) groups is 1. The maximum Gasteiger partial charge on any atom is 0.305 e. The summed E-state index contributed by atoms with van der Waals surface area (Å²) in [4.78, 5) is 29.1. The highest BCUT2D eigenvalue weighted by Crippen LogP contribution is 2.28. The Morgan fingerprint density at radius 1 is 1.21 bits per heavy atom. The van der Waals surface area contributed by atoms with Gasteiger partial charge in [0.15, 0.2) is 0 Å². The number of nitrogens with zero attached hydrogens (tertiary/aromatic N) is 1. The number of aliphatic imine (C=N–C) groups is 1. The van der Waals surface area contributed by atoms with Crippen LogP contribution < -0.4 is 5.32 Å². The molecule has 6 heteroatoms. The number of hydrogen-bond donors (Lipinski definition) is 1. The summed E-state index contributed by atoms with van der Waals surface area (Å²) in [6, 6.07) is 15.3. The predicted molar refractivity (Wildman–Crippen MR) is 94.5 cm³/mol. The van der Waals surface area contributed by atoms with Gasteiger partial charge in [0.1, 0.15) is 0 Å². The molecule has 0 fully saturated rings. The van der Waals surface area contributed by atoms with E-state index in [0.29, 0.717) is 11.4 Å². The third kappa shape index (κ3) is 3.33. The second-order valence-electron chi connectivity index (χ2n) is 5.21. The summed E-state index contributed by atoms with van der Waals surface area (Å²) in [5, 5.41) is 2.79. The van der Waals surface area contributed by atoms with Gasteiger partial charge in [0.2, 0.25) is 0 Å². The van der Waals surface area contributed by atoms with Crippen LogP contribution in [-0.4, -0.2) is 30.1 Å². The summed E-state index contributed by atoms with van der Waals surface area (Å²) >= 11 is 1.60. The lowest BCUT2D eigenvalue weighted by atomic mass is 10.0. The first-order chi connectivity index (χ1) is 11.6. The van der Waals surface area contributed by atoms with Crippen molar-refractivity contribution < 1.29 is 14.3 Å². The van der Waals surface area contributed by atoms with Crippen LogP contribution in [-0.2, 0) is 14.3 Å². The summed E-state index contributed by atoms with van der Waals surface area (Å²) < 4.78 is 5.08. The number of esters is 1. The number of benzene rings is 2. The molecule has 1 atom stereocenters. The van der Waals surface area contributed by atoms with Crippen molar-refractivity contribution in [3.05, 3.63) is 59.7 Å². The summed E-state index contributed by atoms with van der Waals surface area (Å²) in [6.45, 7) is 1.26. The molecule has 122 valence electrons. The van der Waals surface area contributed by atoms with Crippen LogP contribution in [0.15, 0.2) is 58.4 Å². The van der Waals surface area contributed by atoms with E-state index in [1.54, 1.807) is 11.8 Å². The minimum absolute atomic E-state index is 0.464. The maximum absolute atomic E-state index is 12.3. The third-order valence-corrected chi connectivity index (χ3v) is 4.26. The number of benzodiazepines with no additional fused rings is 1. The number of hydrogen-bond acceptors (Lipinski definition) is 5. The Kier molecular flexibility index (Phi) is 4.66. The van der Waals surface area contributed by atoms with E-state index in [1.807, 2.05) is 54.8 Å². The molecule has 2 aromatic carbocycles. The Hall–Kier alpha value is -2.60. The van der Waals surface area contributed by atoms with E-state index in [1.165, 1.54) is 6.92 Å². The molecular weight excluding hydrogens is 324 g/mol. The average molecular weight is 340 g/mol. The van der Waals surface area contributed by atoms with Crippen LogP contribution in [0.3, 0.4) is 0 Å². The average Bonchev–Trinajstić information content (AvgIpc) is 2.72. The van der Waals surface area contributed by atoms with Gasteiger partial charge in [-0.15, -0.1) is 11.8 Å². The maximum atomic E-state index is 12.3. The van der Waals surface area contributed by atoms with Crippen LogP contribution in [0.25, 0.3) is 0 Å². The number of ether oxygens (including phenoxy) is 1. The van der Waals surface area contributed by atoms with Gasteiger partial charge in [0, 0.05) is 22.9 Å². The van der Waals surface area contributed by atoms with Crippen molar-refractivity contribution >= 4 is 35.0 Å². The van der Waals surface area contributed by atoms with Crippen LogP contribution in [0.2, 0.25) is 0 Å². The van der Waals surface area contributed by atoms with Gasteiger partial charge >= 0.3 is 5.97 Å². The molecule has 0 radical (unpaired) electrons. The van der Waals surface area contributed by atoms with Gasteiger partial charge in [-0.2, -0.15) is 0 Å².